The number of fused-ring (bicyclic) bond motifs is 1. The van der Waals surface area contributed by atoms with Crippen LogP contribution in [0.3, 0.4) is 0 Å². The van der Waals surface area contributed by atoms with Crippen molar-refractivity contribution in [2.45, 2.75) is 38.6 Å². The molecule has 1 aromatic rings. The van der Waals surface area contributed by atoms with Gasteiger partial charge < -0.3 is 14.4 Å². The minimum absolute atomic E-state index is 0.160. The smallest absolute Gasteiger partial charge is 0.334 e. The first kappa shape index (κ1) is 21.9. The third kappa shape index (κ3) is 4.61. The highest BCUT2D eigenvalue weighted by Gasteiger charge is 2.45. The molecule has 1 aliphatic carbocycles. The summed E-state index contributed by atoms with van der Waals surface area (Å²) in [7, 11) is 1.58. The van der Waals surface area contributed by atoms with Gasteiger partial charge in [-0.1, -0.05) is 17.7 Å². The zero-order valence-electron chi connectivity index (χ0n) is 18.2. The van der Waals surface area contributed by atoms with Crippen molar-refractivity contribution in [1.82, 2.24) is 14.7 Å². The lowest BCUT2D eigenvalue weighted by atomic mass is 9.97. The summed E-state index contributed by atoms with van der Waals surface area (Å²) in [6, 6.07) is 4.69. The molecule has 1 aromatic carbocycles. The zero-order chi connectivity index (χ0) is 22.7. The maximum Gasteiger partial charge on any atom is 0.334 e. The lowest BCUT2D eigenvalue weighted by Crippen LogP contribution is -2.42. The molecule has 9 heteroatoms. The number of rotatable bonds is 7. The van der Waals surface area contributed by atoms with Crippen LogP contribution >= 0.6 is 0 Å². The van der Waals surface area contributed by atoms with Crippen molar-refractivity contribution < 1.29 is 28.7 Å². The summed E-state index contributed by atoms with van der Waals surface area (Å²) in [4.78, 5) is 53.1. The third-order valence-corrected chi connectivity index (χ3v) is 5.92. The molecule has 170 valence electrons. The largest absolute Gasteiger partial charge is 0.486 e. The Bertz CT molecular complexity index is 972. The molecule has 0 atom stereocenters. The van der Waals surface area contributed by atoms with Crippen LogP contribution in [0.2, 0.25) is 0 Å². The van der Waals surface area contributed by atoms with Gasteiger partial charge in [-0.25, -0.2) is 9.69 Å². The van der Waals surface area contributed by atoms with Gasteiger partial charge in [-0.3, -0.25) is 19.3 Å². The number of hydrogen-bond donors (Lipinski definition) is 0. The molecular formula is C23H27N3O6. The Morgan fingerprint density at radius 1 is 1.03 bits per heavy atom. The van der Waals surface area contributed by atoms with E-state index in [1.54, 1.807) is 19.2 Å². The molecule has 0 bridgehead atoms. The molecule has 4 rings (SSSR count). The van der Waals surface area contributed by atoms with Crippen LogP contribution in [0.5, 0.6) is 11.5 Å². The Morgan fingerprint density at radius 2 is 1.78 bits per heavy atom. The fraction of sp³-hybridized carbons (Fsp3) is 0.478. The SMILES string of the molecule is CN(Cc1ccc2c(c1)OCCO2)C(=O)CN1C(=O)C(=O)N(CCC2=CCCCC2)C1=O. The van der Waals surface area contributed by atoms with E-state index in [4.69, 9.17) is 9.47 Å². The van der Waals surface area contributed by atoms with Gasteiger partial charge in [-0.05, 0) is 49.8 Å². The number of carbonyl (C=O) groups excluding carboxylic acids is 4. The number of ether oxygens (including phenoxy) is 2. The summed E-state index contributed by atoms with van der Waals surface area (Å²) in [5, 5.41) is 0. The van der Waals surface area contributed by atoms with Crippen molar-refractivity contribution >= 4 is 23.8 Å². The van der Waals surface area contributed by atoms with E-state index in [0.717, 1.165) is 41.0 Å². The van der Waals surface area contributed by atoms with Crippen molar-refractivity contribution in [3.8, 4) is 11.5 Å². The molecule has 1 fully saturated rings. The van der Waals surface area contributed by atoms with Crippen LogP contribution in [0.25, 0.3) is 0 Å². The number of hydrogen-bond acceptors (Lipinski definition) is 6. The quantitative estimate of drug-likeness (QED) is 0.365. The molecule has 0 unspecified atom stereocenters. The number of carbonyl (C=O) groups is 4. The highest BCUT2D eigenvalue weighted by molar-refractivity contribution is 6.45. The van der Waals surface area contributed by atoms with Gasteiger partial charge in [0.05, 0.1) is 0 Å². The van der Waals surface area contributed by atoms with Crippen LogP contribution < -0.4 is 9.47 Å². The first-order valence-electron chi connectivity index (χ1n) is 10.9. The van der Waals surface area contributed by atoms with Gasteiger partial charge in [0, 0.05) is 20.1 Å². The fourth-order valence-corrected chi connectivity index (χ4v) is 4.08. The van der Waals surface area contributed by atoms with Gasteiger partial charge in [0.15, 0.2) is 11.5 Å². The summed E-state index contributed by atoms with van der Waals surface area (Å²) in [5.74, 6) is -0.979. The Labute approximate surface area is 186 Å². The minimum Gasteiger partial charge on any atom is -0.486 e. The summed E-state index contributed by atoms with van der Waals surface area (Å²) in [6.45, 7) is 0.913. The van der Waals surface area contributed by atoms with Crippen molar-refractivity contribution in [3.05, 3.63) is 35.4 Å². The molecule has 0 radical (unpaired) electrons. The van der Waals surface area contributed by atoms with E-state index in [-0.39, 0.29) is 13.1 Å². The Morgan fingerprint density at radius 3 is 2.53 bits per heavy atom. The van der Waals surface area contributed by atoms with Crippen molar-refractivity contribution in [2.75, 3.05) is 33.4 Å². The summed E-state index contributed by atoms with van der Waals surface area (Å²) < 4.78 is 11.1. The molecule has 0 aromatic heterocycles. The number of likely N-dealkylation sites (N-methyl/N-ethyl adjacent to an activating group) is 1. The normalized spacial score (nSPS) is 18.2. The van der Waals surface area contributed by atoms with Crippen molar-refractivity contribution in [3.63, 3.8) is 0 Å². The van der Waals surface area contributed by atoms with E-state index in [1.807, 2.05) is 6.07 Å². The van der Waals surface area contributed by atoms with Gasteiger partial charge in [-0.2, -0.15) is 0 Å². The monoisotopic (exact) mass is 441 g/mol. The van der Waals surface area contributed by atoms with E-state index in [1.165, 1.54) is 10.5 Å². The van der Waals surface area contributed by atoms with E-state index >= 15 is 0 Å². The molecule has 1 saturated heterocycles. The standard InChI is InChI=1S/C23H27N3O6/c1-24(14-17-7-8-18-19(13-17)32-12-11-31-18)20(27)15-26-22(29)21(28)25(23(26)30)10-9-16-5-3-2-4-6-16/h5,7-8,13H,2-4,6,9-12,14-15H2,1H3. The Hall–Kier alpha value is -3.36. The van der Waals surface area contributed by atoms with Crippen LogP contribution in [0.15, 0.2) is 29.8 Å². The number of benzene rings is 1. The van der Waals surface area contributed by atoms with Crippen LogP contribution in [0, 0.1) is 0 Å². The van der Waals surface area contributed by atoms with E-state index in [9.17, 15) is 19.2 Å². The molecule has 0 N–H and O–H groups in total. The maximum absolute atomic E-state index is 12.7. The molecule has 32 heavy (non-hydrogen) atoms. The van der Waals surface area contributed by atoms with Crippen LogP contribution in [-0.2, 0) is 20.9 Å². The first-order valence-corrected chi connectivity index (χ1v) is 10.9. The highest BCUT2D eigenvalue weighted by atomic mass is 16.6. The average molecular weight is 441 g/mol. The molecule has 0 saturated carbocycles. The number of nitrogens with zero attached hydrogens (tertiary/aromatic N) is 3. The zero-order valence-corrected chi connectivity index (χ0v) is 18.2. The molecule has 2 heterocycles. The predicted molar refractivity (Wildman–Crippen MR) is 114 cm³/mol. The Kier molecular flexibility index (Phi) is 6.43. The van der Waals surface area contributed by atoms with Gasteiger partial charge >= 0.3 is 17.8 Å². The van der Waals surface area contributed by atoms with Crippen LogP contribution in [0.1, 0.15) is 37.7 Å². The number of allylic oxidation sites excluding steroid dienone is 1. The van der Waals surface area contributed by atoms with Crippen molar-refractivity contribution in [1.29, 1.82) is 0 Å². The topological polar surface area (TPSA) is 96.5 Å². The van der Waals surface area contributed by atoms with Crippen LogP contribution in [-0.4, -0.2) is 71.8 Å². The van der Waals surface area contributed by atoms with Crippen LogP contribution in [0.4, 0.5) is 4.79 Å². The lowest BCUT2D eigenvalue weighted by Gasteiger charge is -2.22. The van der Waals surface area contributed by atoms with Gasteiger partial charge in [-0.15, -0.1) is 0 Å². The van der Waals surface area contributed by atoms with E-state index in [0.29, 0.717) is 31.1 Å². The number of urea groups is 1. The number of amides is 5. The third-order valence-electron chi connectivity index (χ3n) is 5.92. The van der Waals surface area contributed by atoms with Gasteiger partial charge in [0.25, 0.3) is 0 Å². The van der Waals surface area contributed by atoms with Gasteiger partial charge in [0.1, 0.15) is 19.8 Å². The fourth-order valence-electron chi connectivity index (χ4n) is 4.08. The molecule has 5 amide bonds. The molecule has 2 aliphatic heterocycles. The van der Waals surface area contributed by atoms with E-state index < -0.39 is 30.3 Å². The Balaban J connectivity index is 1.34. The molecule has 9 nitrogen and oxygen atoms in total. The molecule has 0 spiro atoms. The summed E-state index contributed by atoms with van der Waals surface area (Å²) >= 11 is 0. The second-order valence-corrected chi connectivity index (χ2v) is 8.22. The lowest BCUT2D eigenvalue weighted by molar-refractivity contribution is -0.144. The molecular weight excluding hydrogens is 414 g/mol. The van der Waals surface area contributed by atoms with E-state index in [2.05, 4.69) is 6.08 Å². The maximum atomic E-state index is 12.7. The summed E-state index contributed by atoms with van der Waals surface area (Å²) in [6.07, 6.45) is 6.92. The minimum atomic E-state index is -0.950. The van der Waals surface area contributed by atoms with Gasteiger partial charge in [0.2, 0.25) is 5.91 Å². The second-order valence-electron chi connectivity index (χ2n) is 8.22. The highest BCUT2D eigenvalue weighted by Crippen LogP contribution is 2.31. The van der Waals surface area contributed by atoms with Crippen molar-refractivity contribution in [2.24, 2.45) is 0 Å². The molecule has 3 aliphatic rings. The number of imide groups is 2. The predicted octanol–water partition coefficient (Wildman–Crippen LogP) is 2.10. The second kappa shape index (κ2) is 9.42. The average Bonchev–Trinajstić information content (AvgIpc) is 3.01. The first-order chi connectivity index (χ1) is 15.4. The summed E-state index contributed by atoms with van der Waals surface area (Å²) in [5.41, 5.74) is 2.03.